The van der Waals surface area contributed by atoms with E-state index < -0.39 is 0 Å². The van der Waals surface area contributed by atoms with E-state index in [0.717, 1.165) is 34.1 Å². The highest BCUT2D eigenvalue weighted by Gasteiger charge is 2.20. The van der Waals surface area contributed by atoms with Crippen molar-refractivity contribution in [1.82, 2.24) is 5.32 Å². The Kier molecular flexibility index (Phi) is 4.32. The Morgan fingerprint density at radius 3 is 2.62 bits per heavy atom. The first-order valence-corrected chi connectivity index (χ1v) is 8.18. The first-order chi connectivity index (χ1) is 10.1. The van der Waals surface area contributed by atoms with E-state index in [2.05, 4.69) is 59.4 Å². The van der Waals surface area contributed by atoms with Gasteiger partial charge in [0, 0.05) is 17.1 Å². The molecule has 0 aromatic heterocycles. The van der Waals surface area contributed by atoms with Crippen molar-refractivity contribution in [2.24, 2.45) is 0 Å². The van der Waals surface area contributed by atoms with Crippen molar-refractivity contribution in [3.8, 4) is 11.5 Å². The maximum atomic E-state index is 6.06. The van der Waals surface area contributed by atoms with Crippen LogP contribution < -0.4 is 10.1 Å². The third kappa shape index (κ3) is 3.86. The Balaban J connectivity index is 1.76. The molecule has 0 radical (unpaired) electrons. The SMILES string of the molecule is Cc1cc(Oc2cc(CNC3CC3)ccc2C)ccc1Br. The van der Waals surface area contributed by atoms with E-state index in [4.69, 9.17) is 4.74 Å². The zero-order valence-corrected chi connectivity index (χ0v) is 14.0. The number of aryl methyl sites for hydroxylation is 2. The van der Waals surface area contributed by atoms with E-state index in [-0.39, 0.29) is 0 Å². The summed E-state index contributed by atoms with van der Waals surface area (Å²) in [5.74, 6) is 1.82. The summed E-state index contributed by atoms with van der Waals surface area (Å²) in [5, 5.41) is 3.54. The van der Waals surface area contributed by atoms with E-state index >= 15 is 0 Å². The topological polar surface area (TPSA) is 21.3 Å². The summed E-state index contributed by atoms with van der Waals surface area (Å²) in [6.45, 7) is 5.07. The summed E-state index contributed by atoms with van der Waals surface area (Å²) >= 11 is 3.52. The van der Waals surface area contributed by atoms with E-state index in [1.165, 1.54) is 24.0 Å². The lowest BCUT2D eigenvalue weighted by atomic mass is 10.1. The number of nitrogens with one attached hydrogen (secondary N) is 1. The Morgan fingerprint density at radius 2 is 1.90 bits per heavy atom. The Labute approximate surface area is 134 Å². The van der Waals surface area contributed by atoms with Gasteiger partial charge in [0.25, 0.3) is 0 Å². The second-order valence-corrected chi connectivity index (χ2v) is 6.62. The third-order valence-corrected chi connectivity index (χ3v) is 4.67. The van der Waals surface area contributed by atoms with Gasteiger partial charge in [-0.2, -0.15) is 0 Å². The maximum absolute atomic E-state index is 6.06. The normalized spacial score (nSPS) is 14.2. The van der Waals surface area contributed by atoms with Crippen molar-refractivity contribution in [3.63, 3.8) is 0 Å². The Bertz CT molecular complexity index is 650. The quantitative estimate of drug-likeness (QED) is 0.812. The van der Waals surface area contributed by atoms with Gasteiger partial charge in [0.15, 0.2) is 0 Å². The van der Waals surface area contributed by atoms with Gasteiger partial charge >= 0.3 is 0 Å². The monoisotopic (exact) mass is 345 g/mol. The zero-order valence-electron chi connectivity index (χ0n) is 12.4. The second kappa shape index (κ2) is 6.20. The summed E-state index contributed by atoms with van der Waals surface area (Å²) in [6.07, 6.45) is 2.63. The number of hydrogen-bond donors (Lipinski definition) is 1. The first kappa shape index (κ1) is 14.6. The van der Waals surface area contributed by atoms with Crippen LogP contribution >= 0.6 is 15.9 Å². The van der Waals surface area contributed by atoms with Gasteiger partial charge in [0.2, 0.25) is 0 Å². The molecule has 1 aliphatic carbocycles. The van der Waals surface area contributed by atoms with Gasteiger partial charge in [0.1, 0.15) is 11.5 Å². The molecule has 0 bridgehead atoms. The Hall–Kier alpha value is -1.32. The number of benzene rings is 2. The summed E-state index contributed by atoms with van der Waals surface area (Å²) < 4.78 is 7.16. The highest BCUT2D eigenvalue weighted by Crippen LogP contribution is 2.29. The molecule has 1 aliphatic rings. The largest absolute Gasteiger partial charge is 0.457 e. The molecule has 0 atom stereocenters. The molecule has 0 heterocycles. The lowest BCUT2D eigenvalue weighted by Gasteiger charge is -2.12. The van der Waals surface area contributed by atoms with Crippen LogP contribution in [0.1, 0.15) is 29.5 Å². The molecule has 0 unspecified atom stereocenters. The summed E-state index contributed by atoms with van der Waals surface area (Å²) in [7, 11) is 0. The molecule has 3 heteroatoms. The molecule has 0 amide bonds. The van der Waals surface area contributed by atoms with Crippen LogP contribution in [0.5, 0.6) is 11.5 Å². The van der Waals surface area contributed by atoms with Crippen molar-refractivity contribution in [3.05, 3.63) is 57.6 Å². The average Bonchev–Trinajstić information content (AvgIpc) is 3.28. The van der Waals surface area contributed by atoms with Gasteiger partial charge < -0.3 is 10.1 Å². The molecular weight excluding hydrogens is 326 g/mol. The zero-order chi connectivity index (χ0) is 14.8. The van der Waals surface area contributed by atoms with Crippen LogP contribution in [-0.4, -0.2) is 6.04 Å². The highest BCUT2D eigenvalue weighted by atomic mass is 79.9. The molecular formula is C18H20BrNO. The van der Waals surface area contributed by atoms with Gasteiger partial charge in [-0.3, -0.25) is 0 Å². The summed E-state index contributed by atoms with van der Waals surface area (Å²) in [5.41, 5.74) is 3.61. The van der Waals surface area contributed by atoms with Crippen molar-refractivity contribution in [2.45, 2.75) is 39.3 Å². The van der Waals surface area contributed by atoms with Gasteiger partial charge in [-0.15, -0.1) is 0 Å². The molecule has 0 saturated heterocycles. The van der Waals surface area contributed by atoms with Crippen molar-refractivity contribution in [2.75, 3.05) is 0 Å². The van der Waals surface area contributed by atoms with Gasteiger partial charge in [-0.05, 0) is 67.6 Å². The molecule has 1 saturated carbocycles. The number of ether oxygens (including phenoxy) is 1. The molecule has 2 aromatic carbocycles. The van der Waals surface area contributed by atoms with E-state index in [0.29, 0.717) is 0 Å². The van der Waals surface area contributed by atoms with Crippen LogP contribution in [0, 0.1) is 13.8 Å². The van der Waals surface area contributed by atoms with Crippen LogP contribution in [0.4, 0.5) is 0 Å². The minimum atomic E-state index is 0.727. The van der Waals surface area contributed by atoms with E-state index in [1.54, 1.807) is 0 Å². The van der Waals surface area contributed by atoms with Crippen molar-refractivity contribution < 1.29 is 4.74 Å². The Morgan fingerprint density at radius 1 is 1.10 bits per heavy atom. The smallest absolute Gasteiger partial charge is 0.130 e. The standard InChI is InChI=1S/C18H20BrNO/c1-12-3-4-14(11-20-15-5-6-15)10-18(12)21-16-7-8-17(19)13(2)9-16/h3-4,7-10,15,20H,5-6,11H2,1-2H3. The minimum Gasteiger partial charge on any atom is -0.457 e. The molecule has 21 heavy (non-hydrogen) atoms. The van der Waals surface area contributed by atoms with Gasteiger partial charge in [-0.25, -0.2) is 0 Å². The van der Waals surface area contributed by atoms with Crippen molar-refractivity contribution in [1.29, 1.82) is 0 Å². The second-order valence-electron chi connectivity index (χ2n) is 5.77. The molecule has 1 N–H and O–H groups in total. The van der Waals surface area contributed by atoms with E-state index in [9.17, 15) is 0 Å². The third-order valence-electron chi connectivity index (χ3n) is 3.78. The molecule has 110 valence electrons. The molecule has 2 nitrogen and oxygen atoms in total. The number of rotatable bonds is 5. The number of halogens is 1. The summed E-state index contributed by atoms with van der Waals surface area (Å²) in [4.78, 5) is 0. The fourth-order valence-corrected chi connectivity index (χ4v) is 2.47. The van der Waals surface area contributed by atoms with Crippen LogP contribution in [0.3, 0.4) is 0 Å². The first-order valence-electron chi connectivity index (χ1n) is 7.39. The van der Waals surface area contributed by atoms with Crippen LogP contribution in [0.2, 0.25) is 0 Å². The lowest BCUT2D eigenvalue weighted by Crippen LogP contribution is -2.15. The minimum absolute atomic E-state index is 0.727. The molecule has 2 aromatic rings. The van der Waals surface area contributed by atoms with Crippen LogP contribution in [0.15, 0.2) is 40.9 Å². The predicted octanol–water partition coefficient (Wildman–Crippen LogP) is 5.11. The highest BCUT2D eigenvalue weighted by molar-refractivity contribution is 9.10. The van der Waals surface area contributed by atoms with Crippen molar-refractivity contribution >= 4 is 15.9 Å². The molecule has 3 rings (SSSR count). The predicted molar refractivity (Wildman–Crippen MR) is 90.0 cm³/mol. The number of hydrogen-bond acceptors (Lipinski definition) is 2. The molecule has 0 aliphatic heterocycles. The fraction of sp³-hybridized carbons (Fsp3) is 0.333. The van der Waals surface area contributed by atoms with Crippen LogP contribution in [-0.2, 0) is 6.54 Å². The molecule has 0 spiro atoms. The lowest BCUT2D eigenvalue weighted by molar-refractivity contribution is 0.477. The van der Waals surface area contributed by atoms with Gasteiger partial charge in [0.05, 0.1) is 0 Å². The van der Waals surface area contributed by atoms with Crippen LogP contribution in [0.25, 0.3) is 0 Å². The van der Waals surface area contributed by atoms with E-state index in [1.807, 2.05) is 12.1 Å². The molecule has 1 fully saturated rings. The summed E-state index contributed by atoms with van der Waals surface area (Å²) in [6, 6.07) is 13.2. The fourth-order valence-electron chi connectivity index (χ4n) is 2.22. The van der Waals surface area contributed by atoms with Gasteiger partial charge in [-0.1, -0.05) is 28.1 Å². The average molecular weight is 346 g/mol. The maximum Gasteiger partial charge on any atom is 0.130 e.